The quantitative estimate of drug-likeness (QED) is 0.310. The predicted octanol–water partition coefficient (Wildman–Crippen LogP) is 2.23. The molecule has 2 aliphatic heterocycles. The molecule has 1 aliphatic carbocycles. The lowest BCUT2D eigenvalue weighted by Crippen LogP contribution is -2.55. The van der Waals surface area contributed by atoms with Gasteiger partial charge in [0.05, 0.1) is 19.2 Å². The van der Waals surface area contributed by atoms with E-state index in [0.717, 1.165) is 30.0 Å². The third-order valence-electron chi connectivity index (χ3n) is 8.50. The number of aliphatic hydroxyl groups excluding tert-OH is 1. The van der Waals surface area contributed by atoms with Crippen molar-refractivity contribution in [1.82, 2.24) is 29.9 Å². The van der Waals surface area contributed by atoms with Gasteiger partial charge < -0.3 is 34.8 Å². The Labute approximate surface area is 243 Å². The van der Waals surface area contributed by atoms with E-state index in [9.17, 15) is 19.8 Å². The Bertz CT molecular complexity index is 1490. The second-order valence-electron chi connectivity index (χ2n) is 11.3. The molecule has 12 nitrogen and oxygen atoms in total. The van der Waals surface area contributed by atoms with Crippen LogP contribution in [0.2, 0.25) is 0 Å². The van der Waals surface area contributed by atoms with E-state index >= 15 is 0 Å². The average Bonchev–Trinajstić information content (AvgIpc) is 3.31. The van der Waals surface area contributed by atoms with Gasteiger partial charge in [-0.15, -0.1) is 0 Å². The molecule has 6 rings (SSSR count). The molecule has 1 aromatic carbocycles. The van der Waals surface area contributed by atoms with Crippen LogP contribution in [0, 0.1) is 5.92 Å². The second-order valence-corrected chi connectivity index (χ2v) is 11.3. The maximum Gasteiger partial charge on any atom is 0.320 e. The van der Waals surface area contributed by atoms with Crippen LogP contribution in [0.25, 0.3) is 16.6 Å². The van der Waals surface area contributed by atoms with Gasteiger partial charge in [-0.05, 0) is 61.4 Å². The molecule has 2 fully saturated rings. The number of carbonyl (C=O) groups is 2. The van der Waals surface area contributed by atoms with Crippen LogP contribution < -0.4 is 14.8 Å². The number of urea groups is 1. The van der Waals surface area contributed by atoms with Gasteiger partial charge in [-0.3, -0.25) is 4.79 Å². The third-order valence-corrected chi connectivity index (χ3v) is 8.50. The number of nitrogens with one attached hydrogen (secondary N) is 1. The van der Waals surface area contributed by atoms with E-state index in [1.165, 1.54) is 4.90 Å². The number of fused-ring (bicyclic) bond motifs is 3. The first-order chi connectivity index (χ1) is 20.3. The number of benzene rings is 1. The molecule has 2 aromatic heterocycles. The molecule has 4 atom stereocenters. The number of nitrogens with zero attached hydrogens (tertiary/aromatic N) is 5. The fourth-order valence-corrected chi connectivity index (χ4v) is 5.98. The highest BCUT2D eigenvalue weighted by molar-refractivity contribution is 5.90. The van der Waals surface area contributed by atoms with Crippen LogP contribution in [0.1, 0.15) is 32.1 Å². The van der Waals surface area contributed by atoms with Crippen molar-refractivity contribution >= 4 is 22.7 Å². The normalized spacial score (nSPS) is 27.3. The summed E-state index contributed by atoms with van der Waals surface area (Å²) in [5.74, 6) is 0.973. The molecule has 222 valence electrons. The Morgan fingerprint density at radius 2 is 2.05 bits per heavy atom. The molecule has 0 bridgehead atoms. The van der Waals surface area contributed by atoms with Crippen LogP contribution in [0.15, 0.2) is 54.9 Å². The minimum absolute atomic E-state index is 0.171. The third kappa shape index (κ3) is 5.27. The first kappa shape index (κ1) is 28.0. The van der Waals surface area contributed by atoms with E-state index in [1.54, 1.807) is 42.2 Å². The molecular weight excluding hydrogens is 540 g/mol. The van der Waals surface area contributed by atoms with Gasteiger partial charge in [0.2, 0.25) is 11.8 Å². The molecule has 12 heteroatoms. The van der Waals surface area contributed by atoms with Crippen molar-refractivity contribution in [3.63, 3.8) is 0 Å². The van der Waals surface area contributed by atoms with Gasteiger partial charge >= 0.3 is 6.03 Å². The summed E-state index contributed by atoms with van der Waals surface area (Å²) in [5.41, 5.74) is -1.16. The van der Waals surface area contributed by atoms with Crippen LogP contribution in [0.3, 0.4) is 0 Å². The Balaban J connectivity index is 1.31. The summed E-state index contributed by atoms with van der Waals surface area (Å²) >= 11 is 0. The zero-order valence-corrected chi connectivity index (χ0v) is 23.7. The molecule has 0 radical (unpaired) electrons. The summed E-state index contributed by atoms with van der Waals surface area (Å²) in [7, 11) is 3.34. The summed E-state index contributed by atoms with van der Waals surface area (Å²) in [4.78, 5) is 35.2. The van der Waals surface area contributed by atoms with Crippen LogP contribution in [-0.2, 0) is 4.79 Å². The average molecular weight is 577 g/mol. The number of aliphatic hydroxyl groups is 2. The number of ether oxygens (including phenoxy) is 2. The van der Waals surface area contributed by atoms with E-state index in [-0.39, 0.29) is 24.9 Å². The summed E-state index contributed by atoms with van der Waals surface area (Å²) in [5, 5.41) is 29.2. The van der Waals surface area contributed by atoms with E-state index in [2.05, 4.69) is 10.4 Å². The molecule has 42 heavy (non-hydrogen) atoms. The van der Waals surface area contributed by atoms with Crippen LogP contribution in [-0.4, -0.2) is 97.9 Å². The molecule has 1 saturated carbocycles. The smallest absolute Gasteiger partial charge is 0.320 e. The SMILES string of the molecule is COc1ccc2c(O[C@@H]3C[C@H]4C(=O)N[C@]5(C(O)O)C[C@H]5/C=C\CCCCN(C)C(=O)N4C3)nc(-n3cccn3)cc2c1. The van der Waals surface area contributed by atoms with E-state index in [1.807, 2.05) is 36.4 Å². The van der Waals surface area contributed by atoms with E-state index in [4.69, 9.17) is 14.5 Å². The molecule has 0 spiro atoms. The number of hydrogen-bond donors (Lipinski definition) is 3. The molecule has 0 unspecified atom stereocenters. The molecule has 3 amide bonds. The van der Waals surface area contributed by atoms with Crippen molar-refractivity contribution in [1.29, 1.82) is 0 Å². The van der Waals surface area contributed by atoms with Crippen molar-refractivity contribution in [3.8, 4) is 17.4 Å². The van der Waals surface area contributed by atoms with Crippen molar-refractivity contribution in [2.45, 2.75) is 56.1 Å². The highest BCUT2D eigenvalue weighted by atomic mass is 16.5. The second kappa shape index (κ2) is 11.3. The van der Waals surface area contributed by atoms with Gasteiger partial charge in [0.15, 0.2) is 12.1 Å². The van der Waals surface area contributed by atoms with Crippen molar-refractivity contribution in [2.24, 2.45) is 5.92 Å². The largest absolute Gasteiger partial charge is 0.497 e. The molecule has 3 aliphatic rings. The van der Waals surface area contributed by atoms with Crippen molar-refractivity contribution in [3.05, 3.63) is 54.9 Å². The first-order valence-corrected chi connectivity index (χ1v) is 14.3. The number of rotatable bonds is 5. The monoisotopic (exact) mass is 576 g/mol. The lowest BCUT2D eigenvalue weighted by molar-refractivity contribution is -0.132. The topological polar surface area (TPSA) is 142 Å². The Morgan fingerprint density at radius 1 is 1.19 bits per heavy atom. The lowest BCUT2D eigenvalue weighted by Gasteiger charge is -2.30. The van der Waals surface area contributed by atoms with Crippen LogP contribution in [0.4, 0.5) is 4.79 Å². The fraction of sp³-hybridized carbons (Fsp3) is 0.467. The maximum absolute atomic E-state index is 13.7. The van der Waals surface area contributed by atoms with E-state index in [0.29, 0.717) is 30.4 Å². The number of methoxy groups -OCH3 is 1. The van der Waals surface area contributed by atoms with Gasteiger partial charge in [-0.1, -0.05) is 12.2 Å². The minimum Gasteiger partial charge on any atom is -0.497 e. The zero-order chi connectivity index (χ0) is 29.4. The summed E-state index contributed by atoms with van der Waals surface area (Å²) in [6.07, 6.45) is 8.33. The standard InChI is InChI=1S/C30H36N6O6/c1-34-12-6-4-3-5-8-20-17-30(20,28(38)39)33-26(37)24-16-22(18-35(24)29(34)40)42-27-23-10-9-21(41-2)14-19(23)15-25(32-27)36-13-7-11-31-36/h5,7-11,13-15,20,22,24,28,38-39H,3-4,6,12,16-18H2,1-2H3,(H,33,37)/b8-5-/t20-,22-,24+,30-/m1/s1. The Hall–Kier alpha value is -4.16. The van der Waals surface area contributed by atoms with Crippen molar-refractivity contribution in [2.75, 3.05) is 27.2 Å². The number of amides is 3. The number of pyridine rings is 1. The maximum atomic E-state index is 13.7. The summed E-state index contributed by atoms with van der Waals surface area (Å²) in [6, 6.07) is 8.15. The van der Waals surface area contributed by atoms with E-state index < -0.39 is 29.9 Å². The number of hydrogen-bond acceptors (Lipinski definition) is 8. The summed E-state index contributed by atoms with van der Waals surface area (Å²) in [6.45, 7) is 0.732. The van der Waals surface area contributed by atoms with Gasteiger partial charge in [0, 0.05) is 43.7 Å². The molecule has 4 heterocycles. The molecule has 3 N–H and O–H groups in total. The van der Waals surface area contributed by atoms with Gasteiger partial charge in [-0.25, -0.2) is 9.48 Å². The Kier molecular flexibility index (Phi) is 7.50. The zero-order valence-electron chi connectivity index (χ0n) is 23.7. The Morgan fingerprint density at radius 3 is 2.81 bits per heavy atom. The number of allylic oxidation sites excluding steroid dienone is 1. The van der Waals surface area contributed by atoms with Gasteiger partial charge in [0.1, 0.15) is 17.9 Å². The number of aromatic nitrogens is 3. The molecule has 3 aromatic rings. The fourth-order valence-electron chi connectivity index (χ4n) is 5.98. The summed E-state index contributed by atoms with van der Waals surface area (Å²) < 4.78 is 13.5. The van der Waals surface area contributed by atoms with Gasteiger partial charge in [-0.2, -0.15) is 10.1 Å². The highest BCUT2D eigenvalue weighted by Crippen LogP contribution is 2.47. The minimum atomic E-state index is -1.72. The number of carbonyl (C=O) groups excluding carboxylic acids is 2. The first-order valence-electron chi connectivity index (χ1n) is 14.3. The van der Waals surface area contributed by atoms with Crippen LogP contribution >= 0.6 is 0 Å². The van der Waals surface area contributed by atoms with Crippen molar-refractivity contribution < 1.29 is 29.3 Å². The lowest BCUT2D eigenvalue weighted by atomic mass is 10.1. The van der Waals surface area contributed by atoms with Gasteiger partial charge in [0.25, 0.3) is 0 Å². The predicted molar refractivity (Wildman–Crippen MR) is 153 cm³/mol. The highest BCUT2D eigenvalue weighted by Gasteiger charge is 2.60. The molecule has 1 saturated heterocycles. The van der Waals surface area contributed by atoms with Crippen LogP contribution in [0.5, 0.6) is 11.6 Å². The molecular formula is C30H36N6O6.